The van der Waals surface area contributed by atoms with E-state index in [-0.39, 0.29) is 36.7 Å². The van der Waals surface area contributed by atoms with E-state index < -0.39 is 13.6 Å². The summed E-state index contributed by atoms with van der Waals surface area (Å²) in [5, 5.41) is 2.63. The average molecular weight is 360 g/mol. The zero-order valence-electron chi connectivity index (χ0n) is 13.4. The highest BCUT2D eigenvalue weighted by molar-refractivity contribution is 7.46. The maximum absolute atomic E-state index is 11.4. The van der Waals surface area contributed by atoms with Crippen molar-refractivity contribution >= 4 is 13.7 Å². The van der Waals surface area contributed by atoms with Crippen LogP contribution in [0.2, 0.25) is 0 Å². The van der Waals surface area contributed by atoms with Crippen molar-refractivity contribution < 1.29 is 33.1 Å². The van der Waals surface area contributed by atoms with Gasteiger partial charge in [0.05, 0.1) is 18.8 Å². The highest BCUT2D eigenvalue weighted by Crippen LogP contribution is 2.46. The number of rotatable bonds is 4. The molecule has 4 atom stereocenters. The van der Waals surface area contributed by atoms with Crippen molar-refractivity contribution in [2.45, 2.75) is 44.3 Å². The standard InChI is InChI=1S/C14H21N2O7P/c1-8-15-11(17)4-5-16(8)10-6-9(7-21-24(18,19)20)12-13(10)23-14(2,3)22-12/h4-5,9-10,12-13H,1,6-7H2,2-3H3,(H,15,17)(H2,18,19,20)/t9-,10?,12-,13?/m1/s1. The molecule has 24 heavy (non-hydrogen) atoms. The number of ether oxygens (including phenoxy) is 2. The lowest BCUT2D eigenvalue weighted by Crippen LogP contribution is -2.45. The highest BCUT2D eigenvalue weighted by atomic mass is 31.2. The van der Waals surface area contributed by atoms with Gasteiger partial charge in [0.25, 0.3) is 5.91 Å². The van der Waals surface area contributed by atoms with Gasteiger partial charge in [-0.2, -0.15) is 0 Å². The maximum Gasteiger partial charge on any atom is 0.469 e. The largest absolute Gasteiger partial charge is 0.469 e. The van der Waals surface area contributed by atoms with Crippen molar-refractivity contribution in [2.24, 2.45) is 5.92 Å². The van der Waals surface area contributed by atoms with Crippen LogP contribution in [0.3, 0.4) is 0 Å². The molecule has 1 aliphatic carbocycles. The minimum Gasteiger partial charge on any atom is -0.344 e. The number of carbonyl (C=O) groups is 1. The third kappa shape index (κ3) is 3.56. The molecule has 2 fully saturated rings. The van der Waals surface area contributed by atoms with Gasteiger partial charge in [0, 0.05) is 18.2 Å². The van der Waals surface area contributed by atoms with Crippen LogP contribution in [0.15, 0.2) is 24.7 Å². The van der Waals surface area contributed by atoms with Crippen LogP contribution in [0.1, 0.15) is 20.3 Å². The first-order valence-corrected chi connectivity index (χ1v) is 9.11. The van der Waals surface area contributed by atoms with Crippen molar-refractivity contribution in [1.82, 2.24) is 10.2 Å². The maximum atomic E-state index is 11.4. The summed E-state index contributed by atoms with van der Waals surface area (Å²) in [6.45, 7) is 7.27. The molecule has 3 rings (SSSR count). The Morgan fingerprint density at radius 2 is 2.12 bits per heavy atom. The first-order chi connectivity index (χ1) is 11.1. The molecule has 0 bridgehead atoms. The van der Waals surface area contributed by atoms with Gasteiger partial charge in [0.15, 0.2) is 5.79 Å². The van der Waals surface area contributed by atoms with Crippen molar-refractivity contribution in [3.05, 3.63) is 24.7 Å². The van der Waals surface area contributed by atoms with E-state index in [0.717, 1.165) is 0 Å². The van der Waals surface area contributed by atoms with Gasteiger partial charge in [-0.05, 0) is 20.3 Å². The number of fused-ring (bicyclic) bond motifs is 1. The summed E-state index contributed by atoms with van der Waals surface area (Å²) >= 11 is 0. The molecule has 0 radical (unpaired) electrons. The topological polar surface area (TPSA) is 118 Å². The van der Waals surface area contributed by atoms with E-state index >= 15 is 0 Å². The third-order valence-corrected chi connectivity index (χ3v) is 4.82. The molecule has 0 aromatic carbocycles. The molecule has 9 nitrogen and oxygen atoms in total. The predicted octanol–water partition coefficient (Wildman–Crippen LogP) is 0.421. The predicted molar refractivity (Wildman–Crippen MR) is 82.0 cm³/mol. The fourth-order valence-electron chi connectivity index (χ4n) is 3.48. The number of nitrogens with zero attached hydrogens (tertiary/aromatic N) is 1. The summed E-state index contributed by atoms with van der Waals surface area (Å²) in [4.78, 5) is 31.1. The second-order valence-corrected chi connectivity index (χ2v) is 7.81. The fraction of sp³-hybridized carbons (Fsp3) is 0.643. The Morgan fingerprint density at radius 1 is 1.46 bits per heavy atom. The zero-order valence-corrected chi connectivity index (χ0v) is 14.3. The molecule has 2 heterocycles. The lowest BCUT2D eigenvalue weighted by Gasteiger charge is -2.34. The van der Waals surface area contributed by atoms with Crippen LogP contribution in [0.4, 0.5) is 0 Å². The van der Waals surface area contributed by atoms with Gasteiger partial charge >= 0.3 is 7.82 Å². The molecular formula is C14H21N2O7P. The number of nitrogens with one attached hydrogen (secondary N) is 1. The number of phosphoric ester groups is 1. The summed E-state index contributed by atoms with van der Waals surface area (Å²) in [7, 11) is -4.56. The number of hydrogen-bond acceptors (Lipinski definition) is 6. The van der Waals surface area contributed by atoms with Crippen molar-refractivity contribution in [3.8, 4) is 0 Å². The molecule has 0 aromatic heterocycles. The third-order valence-electron chi connectivity index (χ3n) is 4.33. The normalized spacial score (nSPS) is 35.2. The minimum atomic E-state index is -4.56. The Labute approximate surface area is 139 Å². The smallest absolute Gasteiger partial charge is 0.344 e. The molecular weight excluding hydrogens is 339 g/mol. The molecule has 2 unspecified atom stereocenters. The highest BCUT2D eigenvalue weighted by Gasteiger charge is 2.56. The number of phosphoric acid groups is 1. The Kier molecular flexibility index (Phi) is 4.36. The van der Waals surface area contributed by atoms with Crippen molar-refractivity contribution in [3.63, 3.8) is 0 Å². The van der Waals surface area contributed by atoms with E-state index in [1.165, 1.54) is 6.08 Å². The minimum absolute atomic E-state index is 0.141. The molecule has 1 amide bonds. The van der Waals surface area contributed by atoms with E-state index in [0.29, 0.717) is 12.2 Å². The summed E-state index contributed by atoms with van der Waals surface area (Å²) in [6.07, 6.45) is 2.84. The summed E-state index contributed by atoms with van der Waals surface area (Å²) < 4.78 is 27.5. The first-order valence-electron chi connectivity index (χ1n) is 7.58. The van der Waals surface area contributed by atoms with Crippen LogP contribution in [0, 0.1) is 5.92 Å². The van der Waals surface area contributed by atoms with Gasteiger partial charge in [-0.3, -0.25) is 9.32 Å². The van der Waals surface area contributed by atoms with E-state index in [1.807, 2.05) is 0 Å². The van der Waals surface area contributed by atoms with E-state index in [9.17, 15) is 9.36 Å². The summed E-state index contributed by atoms with van der Waals surface area (Å²) in [6, 6.07) is -0.188. The summed E-state index contributed by atoms with van der Waals surface area (Å²) in [5.41, 5.74) is 0. The molecule has 3 aliphatic rings. The molecule has 10 heteroatoms. The second kappa shape index (κ2) is 5.94. The van der Waals surface area contributed by atoms with Gasteiger partial charge in [-0.25, -0.2) is 4.57 Å². The lowest BCUT2D eigenvalue weighted by atomic mass is 10.1. The van der Waals surface area contributed by atoms with Crippen LogP contribution < -0.4 is 5.32 Å². The molecule has 0 spiro atoms. The van der Waals surface area contributed by atoms with E-state index in [2.05, 4.69) is 16.4 Å². The quantitative estimate of drug-likeness (QED) is 0.618. The number of amides is 1. The van der Waals surface area contributed by atoms with Crippen molar-refractivity contribution in [1.29, 1.82) is 0 Å². The van der Waals surface area contributed by atoms with E-state index in [1.54, 1.807) is 24.9 Å². The van der Waals surface area contributed by atoms with E-state index in [4.69, 9.17) is 19.3 Å². The monoisotopic (exact) mass is 360 g/mol. The first kappa shape index (κ1) is 17.6. The van der Waals surface area contributed by atoms with Crippen LogP contribution in [-0.2, 0) is 23.4 Å². The molecule has 2 aliphatic heterocycles. The molecule has 3 N–H and O–H groups in total. The van der Waals surface area contributed by atoms with Gasteiger partial charge in [0.1, 0.15) is 11.9 Å². The van der Waals surface area contributed by atoms with Gasteiger partial charge in [0.2, 0.25) is 0 Å². The Morgan fingerprint density at radius 3 is 2.75 bits per heavy atom. The van der Waals surface area contributed by atoms with Gasteiger partial charge in [-0.1, -0.05) is 6.58 Å². The van der Waals surface area contributed by atoms with Crippen molar-refractivity contribution in [2.75, 3.05) is 6.61 Å². The Balaban J connectivity index is 1.80. The molecule has 1 saturated carbocycles. The molecule has 134 valence electrons. The second-order valence-electron chi connectivity index (χ2n) is 6.57. The SMILES string of the molecule is C=C1NC(=O)C=CN1C1C[C@H](COP(=O)(O)O)[C@H]2OC(C)(C)OC12. The number of carbonyl (C=O) groups excluding carboxylic acids is 1. The van der Waals surface area contributed by atoms with Crippen LogP contribution in [-0.4, -0.2) is 51.2 Å². The average Bonchev–Trinajstić information content (AvgIpc) is 2.90. The molecule has 0 aromatic rings. The number of hydrogen-bond donors (Lipinski definition) is 3. The fourth-order valence-corrected chi connectivity index (χ4v) is 3.87. The Hall–Kier alpha value is -1.22. The van der Waals surface area contributed by atoms with Crippen LogP contribution in [0.5, 0.6) is 0 Å². The van der Waals surface area contributed by atoms with Crippen LogP contribution in [0.25, 0.3) is 0 Å². The lowest BCUT2D eigenvalue weighted by molar-refractivity contribution is -0.162. The van der Waals surface area contributed by atoms with Crippen LogP contribution >= 0.6 is 7.82 Å². The Bertz CT molecular complexity index is 629. The molecule has 1 saturated heterocycles. The zero-order chi connectivity index (χ0) is 17.7. The summed E-state index contributed by atoms with van der Waals surface area (Å²) in [5.74, 6) is -0.890. The van der Waals surface area contributed by atoms with Gasteiger partial charge < -0.3 is 29.5 Å². The van der Waals surface area contributed by atoms with Gasteiger partial charge in [-0.15, -0.1) is 0 Å².